The van der Waals surface area contributed by atoms with Gasteiger partial charge in [0, 0.05) is 12.5 Å². The van der Waals surface area contributed by atoms with Crippen molar-refractivity contribution >= 4 is 17.4 Å². The lowest BCUT2D eigenvalue weighted by Gasteiger charge is -2.08. The summed E-state index contributed by atoms with van der Waals surface area (Å²) in [4.78, 5) is 8.43. The Morgan fingerprint density at radius 2 is 2.06 bits per heavy atom. The highest BCUT2D eigenvalue weighted by Crippen LogP contribution is 2.28. The number of ether oxygens (including phenoxy) is 1. The molecule has 4 nitrogen and oxygen atoms in total. The molecule has 0 saturated heterocycles. The third-order valence-corrected chi connectivity index (χ3v) is 2.61. The molecule has 0 aliphatic carbocycles. The first kappa shape index (κ1) is 12.6. The number of nitrogen functional groups attached to an aromatic ring is 1. The summed E-state index contributed by atoms with van der Waals surface area (Å²) in [6, 6.07) is 8.81. The molecular weight excluding hydrogens is 250 g/mol. The molecule has 0 bridgehead atoms. The van der Waals surface area contributed by atoms with Crippen LogP contribution in [0.25, 0.3) is 0 Å². The molecule has 0 atom stereocenters. The molecule has 0 amide bonds. The molecule has 2 aromatic rings. The van der Waals surface area contributed by atoms with Gasteiger partial charge in [-0.05, 0) is 18.6 Å². The van der Waals surface area contributed by atoms with Gasteiger partial charge in [-0.15, -0.1) is 0 Å². The van der Waals surface area contributed by atoms with Gasteiger partial charge >= 0.3 is 0 Å². The van der Waals surface area contributed by atoms with Gasteiger partial charge in [0.05, 0.1) is 5.02 Å². The third kappa shape index (κ3) is 3.11. The van der Waals surface area contributed by atoms with Crippen molar-refractivity contribution in [1.29, 1.82) is 0 Å². The summed E-state index contributed by atoms with van der Waals surface area (Å²) in [7, 11) is 0. The standard InChI is InChI=1S/C13H14ClN3O/c1-2-5-12-16-11(15)8-13(17-12)18-10-7-4-3-6-9(10)14/h3-4,6-8H,2,5H2,1H3,(H2,15,16,17). The number of para-hydroxylation sites is 1. The predicted molar refractivity (Wildman–Crippen MR) is 72.0 cm³/mol. The topological polar surface area (TPSA) is 61.0 Å². The van der Waals surface area contributed by atoms with Gasteiger partial charge < -0.3 is 10.5 Å². The zero-order valence-electron chi connectivity index (χ0n) is 10.1. The van der Waals surface area contributed by atoms with Gasteiger partial charge in [0.25, 0.3) is 0 Å². The maximum atomic E-state index is 6.02. The minimum absolute atomic E-state index is 0.399. The van der Waals surface area contributed by atoms with Crippen LogP contribution in [-0.2, 0) is 6.42 Å². The Hall–Kier alpha value is -1.81. The molecule has 0 aliphatic rings. The Morgan fingerprint density at radius 1 is 1.28 bits per heavy atom. The van der Waals surface area contributed by atoms with E-state index >= 15 is 0 Å². The summed E-state index contributed by atoms with van der Waals surface area (Å²) >= 11 is 6.02. The maximum Gasteiger partial charge on any atom is 0.224 e. The minimum atomic E-state index is 0.399. The minimum Gasteiger partial charge on any atom is -0.437 e. The predicted octanol–water partition coefficient (Wildman–Crippen LogP) is 3.46. The number of benzene rings is 1. The van der Waals surface area contributed by atoms with E-state index in [0.29, 0.717) is 28.3 Å². The molecule has 2 rings (SSSR count). The molecule has 0 fully saturated rings. The Kier molecular flexibility index (Phi) is 3.99. The Balaban J connectivity index is 2.26. The molecule has 0 aliphatic heterocycles. The second-order valence-corrected chi connectivity index (χ2v) is 4.24. The molecule has 1 heterocycles. The second kappa shape index (κ2) is 5.69. The Bertz CT molecular complexity index is 546. The van der Waals surface area contributed by atoms with E-state index in [4.69, 9.17) is 22.1 Å². The smallest absolute Gasteiger partial charge is 0.224 e. The first-order valence-corrected chi connectivity index (χ1v) is 6.12. The number of rotatable bonds is 4. The third-order valence-electron chi connectivity index (χ3n) is 2.29. The normalized spacial score (nSPS) is 10.3. The van der Waals surface area contributed by atoms with Crippen LogP contribution >= 0.6 is 11.6 Å². The summed E-state index contributed by atoms with van der Waals surface area (Å²) in [5.41, 5.74) is 5.72. The van der Waals surface area contributed by atoms with Gasteiger partial charge in [-0.25, -0.2) is 4.98 Å². The largest absolute Gasteiger partial charge is 0.437 e. The SMILES string of the molecule is CCCc1nc(N)cc(Oc2ccccc2Cl)n1. The molecule has 0 spiro atoms. The summed E-state index contributed by atoms with van der Waals surface area (Å²) in [5.74, 6) is 2.05. The quantitative estimate of drug-likeness (QED) is 0.918. The molecule has 0 saturated carbocycles. The van der Waals surface area contributed by atoms with Crippen LogP contribution in [0.5, 0.6) is 11.6 Å². The van der Waals surface area contributed by atoms with Crippen LogP contribution in [0.3, 0.4) is 0 Å². The molecule has 1 aromatic heterocycles. The van der Waals surface area contributed by atoms with Crippen LogP contribution in [-0.4, -0.2) is 9.97 Å². The molecule has 0 unspecified atom stereocenters. The van der Waals surface area contributed by atoms with Crippen molar-refractivity contribution in [2.45, 2.75) is 19.8 Å². The highest BCUT2D eigenvalue weighted by molar-refractivity contribution is 6.32. The zero-order chi connectivity index (χ0) is 13.0. The number of aryl methyl sites for hydroxylation is 1. The number of nitrogens with zero attached hydrogens (tertiary/aromatic N) is 2. The van der Waals surface area contributed by atoms with Crippen molar-refractivity contribution in [3.63, 3.8) is 0 Å². The monoisotopic (exact) mass is 263 g/mol. The van der Waals surface area contributed by atoms with Gasteiger partial charge in [0.2, 0.25) is 5.88 Å². The molecule has 18 heavy (non-hydrogen) atoms. The first-order chi connectivity index (χ1) is 8.69. The lowest BCUT2D eigenvalue weighted by molar-refractivity contribution is 0.459. The maximum absolute atomic E-state index is 6.02. The van der Waals surface area contributed by atoms with Gasteiger partial charge in [-0.3, -0.25) is 0 Å². The van der Waals surface area contributed by atoms with E-state index in [0.717, 1.165) is 12.8 Å². The number of anilines is 1. The molecule has 2 N–H and O–H groups in total. The Labute approximate surface area is 111 Å². The van der Waals surface area contributed by atoms with Gasteiger partial charge in [-0.1, -0.05) is 30.7 Å². The van der Waals surface area contributed by atoms with E-state index in [-0.39, 0.29) is 0 Å². The van der Waals surface area contributed by atoms with Crippen LogP contribution in [0.15, 0.2) is 30.3 Å². The zero-order valence-corrected chi connectivity index (χ0v) is 10.8. The summed E-state index contributed by atoms with van der Waals surface area (Å²) < 4.78 is 5.61. The average Bonchev–Trinajstić information content (AvgIpc) is 2.32. The van der Waals surface area contributed by atoms with E-state index in [9.17, 15) is 0 Å². The van der Waals surface area contributed by atoms with Crippen LogP contribution in [0.1, 0.15) is 19.2 Å². The number of nitrogens with two attached hydrogens (primary N) is 1. The van der Waals surface area contributed by atoms with E-state index < -0.39 is 0 Å². The van der Waals surface area contributed by atoms with E-state index in [1.807, 2.05) is 12.1 Å². The van der Waals surface area contributed by atoms with E-state index in [1.165, 1.54) is 0 Å². The highest BCUT2D eigenvalue weighted by atomic mass is 35.5. The van der Waals surface area contributed by atoms with Crippen molar-refractivity contribution in [2.75, 3.05) is 5.73 Å². The number of aromatic nitrogens is 2. The number of hydrogen-bond donors (Lipinski definition) is 1. The second-order valence-electron chi connectivity index (χ2n) is 3.83. The number of hydrogen-bond acceptors (Lipinski definition) is 4. The molecule has 1 aromatic carbocycles. The summed E-state index contributed by atoms with van der Waals surface area (Å²) in [6.07, 6.45) is 1.72. The van der Waals surface area contributed by atoms with Crippen molar-refractivity contribution in [3.05, 3.63) is 41.2 Å². The molecule has 0 radical (unpaired) electrons. The fourth-order valence-corrected chi connectivity index (χ4v) is 1.69. The van der Waals surface area contributed by atoms with Crippen LogP contribution in [0.4, 0.5) is 5.82 Å². The highest BCUT2D eigenvalue weighted by Gasteiger charge is 2.06. The molecular formula is C13H14ClN3O. The Morgan fingerprint density at radius 3 is 2.78 bits per heavy atom. The molecule has 94 valence electrons. The molecule has 5 heteroatoms. The van der Waals surface area contributed by atoms with Crippen molar-refractivity contribution < 1.29 is 4.74 Å². The van der Waals surface area contributed by atoms with E-state index in [2.05, 4.69) is 16.9 Å². The summed E-state index contributed by atoms with van der Waals surface area (Å²) in [5, 5.41) is 0.534. The van der Waals surface area contributed by atoms with Crippen molar-refractivity contribution in [2.24, 2.45) is 0 Å². The lowest BCUT2D eigenvalue weighted by Crippen LogP contribution is -2.01. The number of halogens is 1. The fraction of sp³-hybridized carbons (Fsp3) is 0.231. The van der Waals surface area contributed by atoms with Crippen molar-refractivity contribution in [1.82, 2.24) is 9.97 Å². The fourth-order valence-electron chi connectivity index (χ4n) is 1.52. The van der Waals surface area contributed by atoms with Gasteiger partial charge in [0.15, 0.2) is 0 Å². The van der Waals surface area contributed by atoms with Gasteiger partial charge in [0.1, 0.15) is 17.4 Å². The summed E-state index contributed by atoms with van der Waals surface area (Å²) in [6.45, 7) is 2.06. The van der Waals surface area contributed by atoms with Gasteiger partial charge in [-0.2, -0.15) is 4.98 Å². The van der Waals surface area contributed by atoms with Crippen molar-refractivity contribution in [3.8, 4) is 11.6 Å². The average molecular weight is 264 g/mol. The van der Waals surface area contributed by atoms with Crippen LogP contribution < -0.4 is 10.5 Å². The first-order valence-electron chi connectivity index (χ1n) is 5.75. The van der Waals surface area contributed by atoms with E-state index in [1.54, 1.807) is 18.2 Å². The van der Waals surface area contributed by atoms with Crippen LogP contribution in [0.2, 0.25) is 5.02 Å². The van der Waals surface area contributed by atoms with Crippen LogP contribution in [0, 0.1) is 0 Å². The lowest BCUT2D eigenvalue weighted by atomic mass is 10.3.